The van der Waals surface area contributed by atoms with Gasteiger partial charge in [0.05, 0.1) is 13.0 Å². The molecule has 1 saturated heterocycles. The fourth-order valence-corrected chi connectivity index (χ4v) is 3.91. The van der Waals surface area contributed by atoms with Crippen LogP contribution >= 0.6 is 0 Å². The summed E-state index contributed by atoms with van der Waals surface area (Å²) in [5, 5.41) is 8.97. The molecule has 1 aliphatic rings. The van der Waals surface area contributed by atoms with Crippen LogP contribution in [-0.4, -0.2) is 54.5 Å². The summed E-state index contributed by atoms with van der Waals surface area (Å²) in [4.78, 5) is 22.3. The second kappa shape index (κ2) is 5.49. The van der Waals surface area contributed by atoms with Gasteiger partial charge in [-0.05, 0) is 12.5 Å². The Morgan fingerprint density at radius 1 is 1.43 bits per heavy atom. The zero-order chi connectivity index (χ0) is 15.8. The molecule has 1 unspecified atom stereocenters. The average molecular weight is 316 g/mol. The number of hydrogen-bond donors (Lipinski definition) is 1. The maximum absolute atomic E-state index is 12.4. The zero-order valence-electron chi connectivity index (χ0n) is 11.6. The van der Waals surface area contributed by atoms with Crippen molar-refractivity contribution in [1.82, 2.24) is 8.87 Å². The molecule has 0 bridgehead atoms. The van der Waals surface area contributed by atoms with Gasteiger partial charge in [-0.25, -0.2) is 13.2 Å². The standard InChI is InChI=1S/C12H16N2O6S/c1-13-7-9(5-10(13)11(15)16)21(18,19)14-4-3-8(6-14)12(17)20-2/h5,7-8H,3-4,6H2,1-2H3,(H,15,16). The molecule has 1 atom stereocenters. The van der Waals surface area contributed by atoms with E-state index in [9.17, 15) is 18.0 Å². The van der Waals surface area contributed by atoms with Gasteiger partial charge in [0.15, 0.2) is 0 Å². The Hall–Kier alpha value is -1.87. The fourth-order valence-electron chi connectivity index (χ4n) is 2.34. The number of ether oxygens (including phenoxy) is 1. The van der Waals surface area contributed by atoms with Crippen LogP contribution in [0.4, 0.5) is 0 Å². The van der Waals surface area contributed by atoms with Crippen LogP contribution in [0.5, 0.6) is 0 Å². The summed E-state index contributed by atoms with van der Waals surface area (Å²) < 4.78 is 31.9. The molecule has 116 valence electrons. The molecule has 1 N–H and O–H groups in total. The number of hydrogen-bond acceptors (Lipinski definition) is 5. The van der Waals surface area contributed by atoms with Crippen molar-refractivity contribution in [3.63, 3.8) is 0 Å². The number of carbonyl (C=O) groups excluding carboxylic acids is 1. The van der Waals surface area contributed by atoms with E-state index in [1.807, 2.05) is 0 Å². The highest BCUT2D eigenvalue weighted by Crippen LogP contribution is 2.26. The van der Waals surface area contributed by atoms with Gasteiger partial charge in [0.2, 0.25) is 10.0 Å². The SMILES string of the molecule is COC(=O)C1CCN(S(=O)(=O)c2cc(C(=O)O)n(C)c2)C1. The number of aromatic nitrogens is 1. The molecule has 0 aromatic carbocycles. The molecule has 1 aromatic heterocycles. The average Bonchev–Trinajstić information content (AvgIpc) is 3.04. The van der Waals surface area contributed by atoms with Crippen LogP contribution in [0.25, 0.3) is 0 Å². The number of aromatic carboxylic acids is 1. The Balaban J connectivity index is 2.25. The molecule has 1 fully saturated rings. The van der Waals surface area contributed by atoms with Gasteiger partial charge in [-0.2, -0.15) is 4.31 Å². The number of carbonyl (C=O) groups is 2. The summed E-state index contributed by atoms with van der Waals surface area (Å²) in [7, 11) is -1.09. The summed E-state index contributed by atoms with van der Waals surface area (Å²) in [5.74, 6) is -2.12. The van der Waals surface area contributed by atoms with Gasteiger partial charge in [-0.1, -0.05) is 0 Å². The predicted octanol–water partition coefficient (Wildman–Crippen LogP) is -0.0931. The highest BCUT2D eigenvalue weighted by atomic mass is 32.2. The van der Waals surface area contributed by atoms with Gasteiger partial charge in [0.25, 0.3) is 0 Å². The van der Waals surface area contributed by atoms with Gasteiger partial charge in [0.1, 0.15) is 10.6 Å². The van der Waals surface area contributed by atoms with E-state index in [1.165, 1.54) is 29.2 Å². The van der Waals surface area contributed by atoms with Crippen LogP contribution in [0.1, 0.15) is 16.9 Å². The quantitative estimate of drug-likeness (QED) is 0.778. The topological polar surface area (TPSA) is 106 Å². The van der Waals surface area contributed by atoms with Crippen LogP contribution in [0.3, 0.4) is 0 Å². The molecule has 21 heavy (non-hydrogen) atoms. The molecule has 8 nitrogen and oxygen atoms in total. The Morgan fingerprint density at radius 3 is 2.62 bits per heavy atom. The van der Waals surface area contributed by atoms with E-state index in [0.717, 1.165) is 6.07 Å². The summed E-state index contributed by atoms with van der Waals surface area (Å²) in [6.45, 7) is 0.256. The lowest BCUT2D eigenvalue weighted by molar-refractivity contribution is -0.144. The first-order valence-corrected chi connectivity index (χ1v) is 7.69. The molecule has 1 aliphatic heterocycles. The maximum Gasteiger partial charge on any atom is 0.352 e. The number of esters is 1. The van der Waals surface area contributed by atoms with Gasteiger partial charge < -0.3 is 14.4 Å². The van der Waals surface area contributed by atoms with E-state index in [2.05, 4.69) is 4.74 Å². The van der Waals surface area contributed by atoms with Crippen LogP contribution in [0.2, 0.25) is 0 Å². The first-order chi connectivity index (χ1) is 9.77. The number of carboxylic acids is 1. The number of aryl methyl sites for hydroxylation is 1. The molecular formula is C12H16N2O6S. The van der Waals surface area contributed by atoms with Gasteiger partial charge in [-0.15, -0.1) is 0 Å². The van der Waals surface area contributed by atoms with E-state index < -0.39 is 27.9 Å². The highest BCUT2D eigenvalue weighted by molar-refractivity contribution is 7.89. The van der Waals surface area contributed by atoms with Crippen molar-refractivity contribution in [1.29, 1.82) is 0 Å². The lowest BCUT2D eigenvalue weighted by Crippen LogP contribution is -2.30. The van der Waals surface area contributed by atoms with E-state index in [0.29, 0.717) is 6.42 Å². The third kappa shape index (κ3) is 2.79. The van der Waals surface area contributed by atoms with Crippen LogP contribution in [0, 0.1) is 5.92 Å². The summed E-state index contributed by atoms with van der Waals surface area (Å²) in [5.41, 5.74) is -0.114. The van der Waals surface area contributed by atoms with Crippen molar-refractivity contribution in [2.24, 2.45) is 13.0 Å². The molecule has 2 heterocycles. The van der Waals surface area contributed by atoms with E-state index in [-0.39, 0.29) is 23.7 Å². The summed E-state index contributed by atoms with van der Waals surface area (Å²) in [6, 6.07) is 1.11. The number of methoxy groups -OCH3 is 1. The Kier molecular flexibility index (Phi) is 4.06. The van der Waals surface area contributed by atoms with Crippen molar-refractivity contribution in [3.8, 4) is 0 Å². The normalized spacial score (nSPS) is 19.6. The van der Waals surface area contributed by atoms with E-state index in [1.54, 1.807) is 0 Å². The molecule has 9 heteroatoms. The van der Waals surface area contributed by atoms with Crippen LogP contribution in [-0.2, 0) is 26.6 Å². The largest absolute Gasteiger partial charge is 0.477 e. The first kappa shape index (κ1) is 15.5. The van der Waals surface area contributed by atoms with Gasteiger partial charge in [0, 0.05) is 26.3 Å². The predicted molar refractivity (Wildman–Crippen MR) is 71.3 cm³/mol. The number of sulfonamides is 1. The second-order valence-electron chi connectivity index (χ2n) is 4.85. The lowest BCUT2D eigenvalue weighted by atomic mass is 10.1. The lowest BCUT2D eigenvalue weighted by Gasteiger charge is -2.14. The summed E-state index contributed by atoms with van der Waals surface area (Å²) in [6.07, 6.45) is 1.65. The number of rotatable bonds is 4. The smallest absolute Gasteiger partial charge is 0.352 e. The van der Waals surface area contributed by atoms with Crippen molar-refractivity contribution in [3.05, 3.63) is 18.0 Å². The molecule has 0 saturated carbocycles. The monoisotopic (exact) mass is 316 g/mol. The second-order valence-corrected chi connectivity index (χ2v) is 6.79. The van der Waals surface area contributed by atoms with E-state index >= 15 is 0 Å². The highest BCUT2D eigenvalue weighted by Gasteiger charge is 2.37. The van der Waals surface area contributed by atoms with Gasteiger partial charge >= 0.3 is 11.9 Å². The minimum Gasteiger partial charge on any atom is -0.477 e. The van der Waals surface area contributed by atoms with E-state index in [4.69, 9.17) is 5.11 Å². The first-order valence-electron chi connectivity index (χ1n) is 6.25. The minimum absolute atomic E-state index is 0.0479. The Morgan fingerprint density at radius 2 is 2.10 bits per heavy atom. The van der Waals surface area contributed by atoms with Crippen molar-refractivity contribution in [2.75, 3.05) is 20.2 Å². The molecule has 0 aliphatic carbocycles. The molecule has 0 spiro atoms. The molecule has 0 radical (unpaired) electrons. The minimum atomic E-state index is -3.81. The summed E-state index contributed by atoms with van der Waals surface area (Å²) >= 11 is 0. The number of nitrogens with zero attached hydrogens (tertiary/aromatic N) is 2. The third-order valence-electron chi connectivity index (χ3n) is 3.52. The third-order valence-corrected chi connectivity index (χ3v) is 5.35. The van der Waals surface area contributed by atoms with Crippen LogP contribution < -0.4 is 0 Å². The Bertz CT molecular complexity index is 678. The zero-order valence-corrected chi connectivity index (χ0v) is 12.5. The Labute approximate surface area is 122 Å². The van der Waals surface area contributed by atoms with Gasteiger partial charge in [-0.3, -0.25) is 4.79 Å². The maximum atomic E-state index is 12.4. The van der Waals surface area contributed by atoms with Crippen molar-refractivity contribution < 1.29 is 27.9 Å². The van der Waals surface area contributed by atoms with Crippen LogP contribution in [0.15, 0.2) is 17.2 Å². The molecular weight excluding hydrogens is 300 g/mol. The molecule has 0 amide bonds. The van der Waals surface area contributed by atoms with Crippen molar-refractivity contribution in [2.45, 2.75) is 11.3 Å². The van der Waals surface area contributed by atoms with Crippen molar-refractivity contribution >= 4 is 22.0 Å². The number of carboxylic acid groups (broad SMARTS) is 1. The molecule has 2 rings (SSSR count). The molecule has 1 aromatic rings. The fraction of sp³-hybridized carbons (Fsp3) is 0.500.